The number of rotatable bonds is 3. The summed E-state index contributed by atoms with van der Waals surface area (Å²) in [5.74, 6) is 0.0729. The summed E-state index contributed by atoms with van der Waals surface area (Å²) in [5, 5.41) is 0. The van der Waals surface area contributed by atoms with Crippen LogP contribution in [-0.2, 0) is 5.88 Å². The summed E-state index contributed by atoms with van der Waals surface area (Å²) in [4.78, 5) is 11.6. The van der Waals surface area contributed by atoms with Crippen molar-refractivity contribution >= 4 is 24.0 Å². The zero-order valence-electron chi connectivity index (χ0n) is 10.1. The van der Waals surface area contributed by atoms with Gasteiger partial charge in [0, 0.05) is 17.4 Å². The average Bonchev–Trinajstić information content (AvgIpc) is 2.39. The lowest BCUT2D eigenvalue weighted by Gasteiger charge is -2.13. The number of benzene rings is 1. The largest absolute Gasteiger partial charge is 0.491 e. The molecule has 102 valence electrons. The summed E-state index contributed by atoms with van der Waals surface area (Å²) in [5.41, 5.74) is 1.10. The van der Waals surface area contributed by atoms with E-state index in [0.29, 0.717) is 11.4 Å². The fourth-order valence-electron chi connectivity index (χ4n) is 1.65. The molecule has 1 heterocycles. The van der Waals surface area contributed by atoms with Crippen molar-refractivity contribution in [3.63, 3.8) is 0 Å². The van der Waals surface area contributed by atoms with E-state index in [1.807, 2.05) is 0 Å². The molecule has 0 aliphatic rings. The lowest BCUT2D eigenvalue weighted by atomic mass is 10.2. The van der Waals surface area contributed by atoms with E-state index in [2.05, 4.69) is 0 Å². The van der Waals surface area contributed by atoms with E-state index in [4.69, 9.17) is 16.3 Å². The van der Waals surface area contributed by atoms with Gasteiger partial charge in [0.2, 0.25) is 5.43 Å². The van der Waals surface area contributed by atoms with Crippen LogP contribution in [0.25, 0.3) is 5.69 Å². The second-order valence-electron chi connectivity index (χ2n) is 3.68. The lowest BCUT2D eigenvalue weighted by Crippen LogP contribution is -2.12. The molecule has 6 heteroatoms. The number of nitrogens with zero attached hydrogens (tertiary/aromatic N) is 1. The zero-order valence-corrected chi connectivity index (χ0v) is 11.7. The van der Waals surface area contributed by atoms with Crippen molar-refractivity contribution in [3.8, 4) is 11.4 Å². The van der Waals surface area contributed by atoms with Gasteiger partial charge in [-0.3, -0.25) is 4.79 Å². The summed E-state index contributed by atoms with van der Waals surface area (Å²) in [6.45, 7) is 0. The van der Waals surface area contributed by atoms with Gasteiger partial charge in [0.1, 0.15) is 5.82 Å². The normalized spacial score (nSPS) is 9.84. The van der Waals surface area contributed by atoms with Crippen LogP contribution in [0.1, 0.15) is 5.69 Å². The van der Waals surface area contributed by atoms with E-state index in [9.17, 15) is 9.18 Å². The minimum atomic E-state index is -0.320. The molecule has 19 heavy (non-hydrogen) atoms. The fraction of sp³-hybridized carbons (Fsp3) is 0.154. The van der Waals surface area contributed by atoms with Crippen LogP contribution >= 0.6 is 24.0 Å². The first-order valence-electron chi connectivity index (χ1n) is 5.27. The smallest absolute Gasteiger partial charge is 0.223 e. The first-order valence-corrected chi connectivity index (χ1v) is 5.80. The van der Waals surface area contributed by atoms with Crippen molar-refractivity contribution in [1.29, 1.82) is 0 Å². The Morgan fingerprint density at radius 2 is 1.95 bits per heavy atom. The molecule has 0 amide bonds. The molecule has 2 rings (SSSR count). The van der Waals surface area contributed by atoms with Gasteiger partial charge in [-0.25, -0.2) is 4.39 Å². The number of aromatic nitrogens is 1. The summed E-state index contributed by atoms with van der Waals surface area (Å²) >= 11 is 5.81. The van der Waals surface area contributed by atoms with Crippen LogP contribution in [0.3, 0.4) is 0 Å². The van der Waals surface area contributed by atoms with Crippen LogP contribution in [0.2, 0.25) is 0 Å². The summed E-state index contributed by atoms with van der Waals surface area (Å²) < 4.78 is 19.6. The Morgan fingerprint density at radius 3 is 2.47 bits per heavy atom. The summed E-state index contributed by atoms with van der Waals surface area (Å²) in [7, 11) is 1.42. The summed E-state index contributed by atoms with van der Waals surface area (Å²) in [6, 6.07) is 7.32. The molecule has 2 aromatic rings. The highest BCUT2D eigenvalue weighted by atomic mass is 35.5. The van der Waals surface area contributed by atoms with Gasteiger partial charge in [0.05, 0.1) is 19.2 Å². The molecule has 0 spiro atoms. The molecule has 1 aromatic heterocycles. The van der Waals surface area contributed by atoms with Crippen molar-refractivity contribution < 1.29 is 9.13 Å². The topological polar surface area (TPSA) is 31.2 Å². The van der Waals surface area contributed by atoms with Gasteiger partial charge in [0.25, 0.3) is 0 Å². The maximum atomic E-state index is 12.9. The third-order valence-corrected chi connectivity index (χ3v) is 2.83. The predicted octanol–water partition coefficient (Wildman–Crippen LogP) is 3.15. The molecule has 0 aliphatic carbocycles. The molecular weight excluding hydrogens is 292 g/mol. The first kappa shape index (κ1) is 15.5. The van der Waals surface area contributed by atoms with Crippen molar-refractivity contribution in [2.24, 2.45) is 0 Å². The number of halogens is 3. The number of alkyl halides is 1. The monoisotopic (exact) mass is 303 g/mol. The van der Waals surface area contributed by atoms with Gasteiger partial charge in [-0.1, -0.05) is 0 Å². The Hall–Kier alpha value is -1.52. The van der Waals surface area contributed by atoms with E-state index < -0.39 is 0 Å². The van der Waals surface area contributed by atoms with E-state index >= 15 is 0 Å². The second-order valence-corrected chi connectivity index (χ2v) is 3.94. The maximum absolute atomic E-state index is 12.9. The van der Waals surface area contributed by atoms with Gasteiger partial charge in [-0.15, -0.1) is 24.0 Å². The molecule has 0 fully saturated rings. The molecule has 0 N–H and O–H groups in total. The Morgan fingerprint density at radius 1 is 1.32 bits per heavy atom. The van der Waals surface area contributed by atoms with Gasteiger partial charge >= 0.3 is 0 Å². The third kappa shape index (κ3) is 3.28. The molecule has 1 aromatic carbocycles. The predicted molar refractivity (Wildman–Crippen MR) is 75.4 cm³/mol. The number of hydrogen-bond acceptors (Lipinski definition) is 2. The van der Waals surface area contributed by atoms with E-state index in [1.165, 1.54) is 25.3 Å². The Kier molecular flexibility index (Phi) is 5.39. The van der Waals surface area contributed by atoms with Crippen LogP contribution < -0.4 is 10.2 Å². The van der Waals surface area contributed by atoms with Crippen molar-refractivity contribution in [1.82, 2.24) is 4.57 Å². The number of hydrogen-bond donors (Lipinski definition) is 0. The molecule has 3 nitrogen and oxygen atoms in total. The second kappa shape index (κ2) is 6.59. The molecular formula is C13H12Cl2FNO2. The van der Waals surface area contributed by atoms with E-state index in [1.54, 1.807) is 22.9 Å². The van der Waals surface area contributed by atoms with E-state index in [0.717, 1.165) is 0 Å². The highest BCUT2D eigenvalue weighted by Gasteiger charge is 2.08. The van der Waals surface area contributed by atoms with Crippen LogP contribution in [-0.4, -0.2) is 11.7 Å². The van der Waals surface area contributed by atoms with Crippen LogP contribution in [0.5, 0.6) is 5.75 Å². The molecule has 0 saturated carbocycles. The molecule has 0 atom stereocenters. The van der Waals surface area contributed by atoms with Gasteiger partial charge in [-0.05, 0) is 24.3 Å². The summed E-state index contributed by atoms with van der Waals surface area (Å²) in [6.07, 6.45) is 1.55. The number of methoxy groups -OCH3 is 1. The Balaban J connectivity index is 0.00000180. The number of ether oxygens (including phenoxy) is 1. The molecule has 0 radical (unpaired) electrons. The molecule has 0 unspecified atom stereocenters. The van der Waals surface area contributed by atoms with Crippen LogP contribution in [0.4, 0.5) is 4.39 Å². The van der Waals surface area contributed by atoms with Crippen LogP contribution in [0.15, 0.2) is 41.3 Å². The molecule has 0 bridgehead atoms. The average molecular weight is 304 g/mol. The Bertz CT molecular complexity index is 611. The standard InChI is InChI=1S/C13H11ClFNO2.ClH/c1-18-13-8-16(11(7-14)6-12(13)17)10-4-2-9(15)3-5-10;/h2-6,8H,7H2,1H3;1H. The highest BCUT2D eigenvalue weighted by molar-refractivity contribution is 6.16. The first-order chi connectivity index (χ1) is 8.65. The van der Waals surface area contributed by atoms with Gasteiger partial charge in [-0.2, -0.15) is 0 Å². The van der Waals surface area contributed by atoms with Crippen molar-refractivity contribution in [3.05, 3.63) is 58.3 Å². The minimum absolute atomic E-state index is 0. The maximum Gasteiger partial charge on any atom is 0.223 e. The van der Waals surface area contributed by atoms with Gasteiger partial charge < -0.3 is 9.30 Å². The van der Waals surface area contributed by atoms with Crippen molar-refractivity contribution in [2.45, 2.75) is 5.88 Å². The zero-order chi connectivity index (χ0) is 13.1. The molecule has 0 aliphatic heterocycles. The lowest BCUT2D eigenvalue weighted by molar-refractivity contribution is 0.407. The van der Waals surface area contributed by atoms with Gasteiger partial charge in [0.15, 0.2) is 5.75 Å². The highest BCUT2D eigenvalue weighted by Crippen LogP contribution is 2.16. The molecule has 0 saturated heterocycles. The van der Waals surface area contributed by atoms with Crippen molar-refractivity contribution in [2.75, 3.05) is 7.11 Å². The quantitative estimate of drug-likeness (QED) is 0.816. The fourth-order valence-corrected chi connectivity index (χ4v) is 1.86. The Labute approximate surface area is 121 Å². The van der Waals surface area contributed by atoms with Crippen LogP contribution in [0, 0.1) is 5.82 Å². The number of pyridine rings is 1. The minimum Gasteiger partial charge on any atom is -0.491 e. The van der Waals surface area contributed by atoms with E-state index in [-0.39, 0.29) is 35.3 Å². The third-order valence-electron chi connectivity index (χ3n) is 2.56. The SMILES string of the molecule is COc1cn(-c2ccc(F)cc2)c(CCl)cc1=O.Cl.